The number of aryl methyl sites for hydroxylation is 2. The number of fused-ring (bicyclic) bond motifs is 3. The zero-order chi connectivity index (χ0) is 14.7. The van der Waals surface area contributed by atoms with Crippen LogP contribution in [0, 0.1) is 26.2 Å². The lowest BCUT2D eigenvalue weighted by Gasteiger charge is -2.59. The standard InChI is InChI=1S/C19H29N/c1-12-9-13(2)15(4)17(10-12)18-16(5)20-8-7-19(18,6)11-14(20)3/h9-10,14,16,18H,7-8,11H2,1-6H3/t14?,16-,18?,19?/m1/s1. The Bertz CT molecular complexity index is 533. The molecule has 110 valence electrons. The normalized spacial score (nSPS) is 40.1. The van der Waals surface area contributed by atoms with Crippen molar-refractivity contribution in [3.05, 3.63) is 34.4 Å². The Morgan fingerprint density at radius 2 is 1.85 bits per heavy atom. The van der Waals surface area contributed by atoms with Gasteiger partial charge in [-0.15, -0.1) is 0 Å². The summed E-state index contributed by atoms with van der Waals surface area (Å²) in [6.07, 6.45) is 2.72. The van der Waals surface area contributed by atoms with E-state index in [-0.39, 0.29) is 0 Å². The molecule has 1 nitrogen and oxygen atoms in total. The Labute approximate surface area is 124 Å². The Balaban J connectivity index is 2.10. The number of nitrogens with zero attached hydrogens (tertiary/aromatic N) is 1. The van der Waals surface area contributed by atoms with Crippen molar-refractivity contribution in [2.75, 3.05) is 6.54 Å². The minimum atomic E-state index is 0.485. The van der Waals surface area contributed by atoms with Gasteiger partial charge in [0, 0.05) is 18.0 Å². The third-order valence-electron chi connectivity index (χ3n) is 6.21. The molecule has 3 aliphatic rings. The summed E-state index contributed by atoms with van der Waals surface area (Å²) >= 11 is 0. The maximum atomic E-state index is 2.74. The Morgan fingerprint density at radius 3 is 2.45 bits per heavy atom. The van der Waals surface area contributed by atoms with Crippen LogP contribution in [0.3, 0.4) is 0 Å². The lowest BCUT2D eigenvalue weighted by atomic mass is 9.58. The Hall–Kier alpha value is -0.820. The SMILES string of the molecule is Cc1cc(C)c(C)c(C2[C@@H](C)N3CCC2(C)CC3C)c1. The van der Waals surface area contributed by atoms with Gasteiger partial charge in [-0.25, -0.2) is 0 Å². The van der Waals surface area contributed by atoms with Crippen LogP contribution in [0.25, 0.3) is 0 Å². The van der Waals surface area contributed by atoms with Crippen molar-refractivity contribution in [1.82, 2.24) is 4.90 Å². The van der Waals surface area contributed by atoms with E-state index in [1.54, 1.807) is 5.56 Å². The second kappa shape index (κ2) is 4.59. The smallest absolute Gasteiger partial charge is 0.0144 e. The van der Waals surface area contributed by atoms with Gasteiger partial charge in [0.1, 0.15) is 0 Å². The highest BCUT2D eigenvalue weighted by Gasteiger charge is 2.51. The lowest BCUT2D eigenvalue weighted by molar-refractivity contribution is -0.0624. The Morgan fingerprint density at radius 1 is 1.15 bits per heavy atom. The monoisotopic (exact) mass is 271 g/mol. The van der Waals surface area contributed by atoms with Crippen LogP contribution in [0.4, 0.5) is 0 Å². The van der Waals surface area contributed by atoms with Crippen LogP contribution >= 0.6 is 0 Å². The number of benzene rings is 1. The van der Waals surface area contributed by atoms with E-state index in [1.807, 2.05) is 0 Å². The minimum absolute atomic E-state index is 0.485. The van der Waals surface area contributed by atoms with Crippen molar-refractivity contribution < 1.29 is 0 Å². The molecule has 4 rings (SSSR count). The summed E-state index contributed by atoms with van der Waals surface area (Å²) in [7, 11) is 0. The van der Waals surface area contributed by atoms with E-state index in [4.69, 9.17) is 0 Å². The van der Waals surface area contributed by atoms with Crippen molar-refractivity contribution in [2.45, 2.75) is 72.4 Å². The van der Waals surface area contributed by atoms with Crippen LogP contribution in [-0.4, -0.2) is 23.5 Å². The molecule has 0 aromatic heterocycles. The summed E-state index contributed by atoms with van der Waals surface area (Å²) in [6.45, 7) is 15.5. The quantitative estimate of drug-likeness (QED) is 0.722. The lowest BCUT2D eigenvalue weighted by Crippen LogP contribution is -2.60. The van der Waals surface area contributed by atoms with Gasteiger partial charge in [0.2, 0.25) is 0 Å². The molecule has 1 aromatic rings. The molecule has 0 radical (unpaired) electrons. The van der Waals surface area contributed by atoms with Crippen molar-refractivity contribution in [2.24, 2.45) is 5.41 Å². The summed E-state index contributed by atoms with van der Waals surface area (Å²) in [5, 5.41) is 0. The van der Waals surface area contributed by atoms with Gasteiger partial charge in [0.15, 0.2) is 0 Å². The molecule has 4 unspecified atom stereocenters. The molecule has 0 amide bonds. The fraction of sp³-hybridized carbons (Fsp3) is 0.684. The van der Waals surface area contributed by atoms with Gasteiger partial charge in [-0.2, -0.15) is 0 Å². The predicted molar refractivity (Wildman–Crippen MR) is 86.4 cm³/mol. The minimum Gasteiger partial charge on any atom is -0.297 e. The van der Waals surface area contributed by atoms with Crippen LogP contribution in [0.15, 0.2) is 12.1 Å². The largest absolute Gasteiger partial charge is 0.297 e. The molecule has 1 aromatic carbocycles. The summed E-state index contributed by atoms with van der Waals surface area (Å²) in [5.41, 5.74) is 6.51. The molecule has 0 saturated carbocycles. The van der Waals surface area contributed by atoms with Gasteiger partial charge in [-0.3, -0.25) is 4.90 Å². The predicted octanol–water partition coefficient (Wildman–Crippen LogP) is 4.59. The molecule has 3 saturated heterocycles. The third-order valence-corrected chi connectivity index (χ3v) is 6.21. The van der Waals surface area contributed by atoms with E-state index in [2.05, 4.69) is 58.6 Å². The average molecular weight is 271 g/mol. The molecule has 0 spiro atoms. The first-order valence-electron chi connectivity index (χ1n) is 8.17. The first kappa shape index (κ1) is 14.1. The Kier molecular flexibility index (Phi) is 3.25. The van der Waals surface area contributed by atoms with Gasteiger partial charge in [0.25, 0.3) is 0 Å². The van der Waals surface area contributed by atoms with Crippen molar-refractivity contribution in [1.29, 1.82) is 0 Å². The fourth-order valence-electron chi connectivity index (χ4n) is 5.19. The van der Waals surface area contributed by atoms with Gasteiger partial charge < -0.3 is 0 Å². The maximum Gasteiger partial charge on any atom is 0.0144 e. The highest BCUT2D eigenvalue weighted by atomic mass is 15.2. The van der Waals surface area contributed by atoms with Crippen LogP contribution in [0.5, 0.6) is 0 Å². The third kappa shape index (κ3) is 1.94. The van der Waals surface area contributed by atoms with E-state index in [0.29, 0.717) is 17.4 Å². The van der Waals surface area contributed by atoms with E-state index >= 15 is 0 Å². The molecule has 0 aliphatic carbocycles. The van der Waals surface area contributed by atoms with E-state index in [1.165, 1.54) is 36.1 Å². The molecule has 3 fully saturated rings. The second-order valence-corrected chi connectivity index (χ2v) is 7.71. The number of hydrogen-bond donors (Lipinski definition) is 0. The summed E-state index contributed by atoms with van der Waals surface area (Å²) < 4.78 is 0. The molecular weight excluding hydrogens is 242 g/mol. The van der Waals surface area contributed by atoms with Gasteiger partial charge in [0.05, 0.1) is 0 Å². The van der Waals surface area contributed by atoms with Crippen molar-refractivity contribution in [3.63, 3.8) is 0 Å². The molecular formula is C19H29N. The molecule has 0 N–H and O–H groups in total. The van der Waals surface area contributed by atoms with Crippen molar-refractivity contribution >= 4 is 0 Å². The van der Waals surface area contributed by atoms with Crippen LogP contribution < -0.4 is 0 Å². The second-order valence-electron chi connectivity index (χ2n) is 7.71. The first-order chi connectivity index (χ1) is 9.33. The highest BCUT2D eigenvalue weighted by Crippen LogP contribution is 2.55. The van der Waals surface area contributed by atoms with Crippen LogP contribution in [0.2, 0.25) is 0 Å². The van der Waals surface area contributed by atoms with E-state index < -0.39 is 0 Å². The van der Waals surface area contributed by atoms with E-state index in [9.17, 15) is 0 Å². The maximum absolute atomic E-state index is 2.74. The zero-order valence-electron chi connectivity index (χ0n) is 14.0. The van der Waals surface area contributed by atoms with Gasteiger partial charge in [-0.05, 0) is 76.1 Å². The van der Waals surface area contributed by atoms with Crippen LogP contribution in [-0.2, 0) is 0 Å². The summed E-state index contributed by atoms with van der Waals surface area (Å²) in [4.78, 5) is 2.74. The topological polar surface area (TPSA) is 3.24 Å². The zero-order valence-corrected chi connectivity index (χ0v) is 14.0. The fourth-order valence-corrected chi connectivity index (χ4v) is 5.19. The summed E-state index contributed by atoms with van der Waals surface area (Å²) in [6, 6.07) is 6.22. The molecule has 5 atom stereocenters. The van der Waals surface area contributed by atoms with Crippen molar-refractivity contribution in [3.8, 4) is 0 Å². The van der Waals surface area contributed by atoms with Gasteiger partial charge >= 0.3 is 0 Å². The molecule has 3 aliphatic heterocycles. The molecule has 1 heteroatoms. The van der Waals surface area contributed by atoms with Crippen LogP contribution in [0.1, 0.15) is 61.8 Å². The molecule has 2 bridgehead atoms. The van der Waals surface area contributed by atoms with Gasteiger partial charge in [-0.1, -0.05) is 24.6 Å². The molecule has 20 heavy (non-hydrogen) atoms. The first-order valence-corrected chi connectivity index (χ1v) is 8.17. The summed E-state index contributed by atoms with van der Waals surface area (Å²) in [5.74, 6) is 0.700. The molecule has 3 heterocycles. The average Bonchev–Trinajstić information content (AvgIpc) is 2.33. The number of hydrogen-bond acceptors (Lipinski definition) is 1. The van der Waals surface area contributed by atoms with E-state index in [0.717, 1.165) is 6.04 Å². The number of rotatable bonds is 1. The number of piperidine rings is 3. The highest BCUT2D eigenvalue weighted by molar-refractivity contribution is 5.41.